The van der Waals surface area contributed by atoms with Crippen molar-refractivity contribution in [2.45, 2.75) is 30.8 Å². The normalized spacial score (nSPS) is 14.9. The second kappa shape index (κ2) is 6.85. The van der Waals surface area contributed by atoms with Crippen LogP contribution < -0.4 is 20.5 Å². The zero-order chi connectivity index (χ0) is 14.5. The predicted molar refractivity (Wildman–Crippen MR) is 79.3 cm³/mol. The lowest BCUT2D eigenvalue weighted by atomic mass is 10.1. The summed E-state index contributed by atoms with van der Waals surface area (Å²) < 4.78 is 11.2. The molecule has 1 unspecified atom stereocenters. The summed E-state index contributed by atoms with van der Waals surface area (Å²) in [6, 6.07) is 4.06. The number of carbonyl (C=O) groups excluding carboxylic acids is 1. The first-order valence-electron chi connectivity index (χ1n) is 6.58. The number of nitrogens with one attached hydrogen (secondary N) is 1. The highest BCUT2D eigenvalue weighted by molar-refractivity contribution is 7.98. The molecule has 1 aromatic carbocycles. The molecule has 1 aliphatic rings. The highest BCUT2D eigenvalue weighted by atomic mass is 32.2. The molecule has 2 rings (SSSR count). The number of rotatable bonds is 6. The van der Waals surface area contributed by atoms with Crippen LogP contribution in [0.1, 0.15) is 18.9 Å². The number of hydrogen-bond donors (Lipinski definition) is 2. The maximum Gasteiger partial charge on any atom is 0.218 e. The molecule has 6 heteroatoms. The molecular weight excluding hydrogens is 276 g/mol. The largest absolute Gasteiger partial charge is 0.486 e. The van der Waals surface area contributed by atoms with Crippen molar-refractivity contribution in [3.8, 4) is 11.5 Å². The lowest BCUT2D eigenvalue weighted by molar-refractivity contribution is -0.118. The van der Waals surface area contributed by atoms with E-state index in [-0.39, 0.29) is 11.9 Å². The van der Waals surface area contributed by atoms with Crippen LogP contribution >= 0.6 is 11.8 Å². The van der Waals surface area contributed by atoms with Crippen LogP contribution in [0.4, 0.5) is 0 Å². The Hall–Kier alpha value is -1.40. The number of benzene rings is 1. The van der Waals surface area contributed by atoms with Gasteiger partial charge in [-0.1, -0.05) is 0 Å². The van der Waals surface area contributed by atoms with Gasteiger partial charge in [-0.15, -0.1) is 11.8 Å². The van der Waals surface area contributed by atoms with Crippen molar-refractivity contribution >= 4 is 17.7 Å². The Morgan fingerprint density at radius 2 is 2.05 bits per heavy atom. The number of fused-ring (bicyclic) bond motifs is 1. The molecule has 0 radical (unpaired) electrons. The molecule has 0 spiro atoms. The van der Waals surface area contributed by atoms with Gasteiger partial charge in [0, 0.05) is 23.9 Å². The number of thioether (sulfide) groups is 1. The van der Waals surface area contributed by atoms with E-state index in [0.717, 1.165) is 22.0 Å². The van der Waals surface area contributed by atoms with Crippen molar-refractivity contribution in [1.29, 1.82) is 0 Å². The van der Waals surface area contributed by atoms with Gasteiger partial charge in [0.15, 0.2) is 11.5 Å². The first-order valence-corrected chi connectivity index (χ1v) is 7.81. The maximum absolute atomic E-state index is 10.9. The van der Waals surface area contributed by atoms with E-state index < -0.39 is 0 Å². The van der Waals surface area contributed by atoms with Crippen LogP contribution in [0.25, 0.3) is 0 Å². The molecule has 110 valence electrons. The molecule has 20 heavy (non-hydrogen) atoms. The molecule has 0 aromatic heterocycles. The SMILES string of the molecule is CSc1cc2c(cc1CNC(C)CC(N)=O)OCCO2. The monoisotopic (exact) mass is 296 g/mol. The summed E-state index contributed by atoms with van der Waals surface area (Å²) in [7, 11) is 0. The van der Waals surface area contributed by atoms with Gasteiger partial charge in [0.1, 0.15) is 13.2 Å². The number of ether oxygens (including phenoxy) is 2. The summed E-state index contributed by atoms with van der Waals surface area (Å²) in [6.07, 6.45) is 2.36. The zero-order valence-corrected chi connectivity index (χ0v) is 12.6. The lowest BCUT2D eigenvalue weighted by Crippen LogP contribution is -2.30. The molecule has 1 amide bonds. The molecule has 0 saturated heterocycles. The van der Waals surface area contributed by atoms with Gasteiger partial charge in [-0.3, -0.25) is 4.79 Å². The average molecular weight is 296 g/mol. The van der Waals surface area contributed by atoms with E-state index in [0.29, 0.717) is 26.2 Å². The Kier molecular flexibility index (Phi) is 5.14. The van der Waals surface area contributed by atoms with Crippen LogP contribution in [0.15, 0.2) is 17.0 Å². The van der Waals surface area contributed by atoms with Crippen LogP contribution in [0.5, 0.6) is 11.5 Å². The highest BCUT2D eigenvalue weighted by Crippen LogP contribution is 2.36. The lowest BCUT2D eigenvalue weighted by Gasteiger charge is -2.21. The number of hydrogen-bond acceptors (Lipinski definition) is 5. The molecule has 0 saturated carbocycles. The first kappa shape index (κ1) is 15.0. The first-order chi connectivity index (χ1) is 9.60. The van der Waals surface area contributed by atoms with Gasteiger partial charge in [0.05, 0.1) is 0 Å². The summed E-state index contributed by atoms with van der Waals surface area (Å²) in [4.78, 5) is 12.0. The van der Waals surface area contributed by atoms with E-state index in [1.807, 2.05) is 25.3 Å². The van der Waals surface area contributed by atoms with E-state index in [2.05, 4.69) is 5.32 Å². The van der Waals surface area contributed by atoms with E-state index in [1.54, 1.807) is 11.8 Å². The summed E-state index contributed by atoms with van der Waals surface area (Å²) in [6.45, 7) is 3.79. The van der Waals surface area contributed by atoms with Crippen LogP contribution in [-0.2, 0) is 11.3 Å². The molecular formula is C14H20N2O3S. The third-order valence-electron chi connectivity index (χ3n) is 3.09. The fourth-order valence-electron chi connectivity index (χ4n) is 2.10. The van der Waals surface area contributed by atoms with Crippen LogP contribution in [0.3, 0.4) is 0 Å². The topological polar surface area (TPSA) is 73.6 Å². The van der Waals surface area contributed by atoms with Crippen LogP contribution in [0, 0.1) is 0 Å². The van der Waals surface area contributed by atoms with Gasteiger partial charge in [-0.05, 0) is 30.9 Å². The van der Waals surface area contributed by atoms with Crippen molar-refractivity contribution < 1.29 is 14.3 Å². The number of carbonyl (C=O) groups is 1. The molecule has 5 nitrogen and oxygen atoms in total. The molecule has 1 aliphatic heterocycles. The molecule has 0 fully saturated rings. The standard InChI is InChI=1S/C14H20N2O3S/c1-9(5-14(15)17)16-8-10-6-11-12(7-13(10)20-2)19-4-3-18-11/h6-7,9,16H,3-5,8H2,1-2H3,(H2,15,17). The molecule has 3 N–H and O–H groups in total. The molecule has 1 aromatic rings. The van der Waals surface area contributed by atoms with Crippen LogP contribution in [-0.4, -0.2) is 31.4 Å². The van der Waals surface area contributed by atoms with Crippen molar-refractivity contribution in [1.82, 2.24) is 5.32 Å². The van der Waals surface area contributed by atoms with Crippen molar-refractivity contribution in [2.24, 2.45) is 5.73 Å². The minimum absolute atomic E-state index is 0.0513. The van der Waals surface area contributed by atoms with Gasteiger partial charge in [0.25, 0.3) is 0 Å². The third-order valence-corrected chi connectivity index (χ3v) is 3.91. The van der Waals surface area contributed by atoms with Gasteiger partial charge < -0.3 is 20.5 Å². The predicted octanol–water partition coefficient (Wildman–Crippen LogP) is 1.53. The Bertz CT molecular complexity index is 494. The maximum atomic E-state index is 10.9. The van der Waals surface area contributed by atoms with Gasteiger partial charge >= 0.3 is 0 Å². The number of nitrogens with two attached hydrogens (primary N) is 1. The van der Waals surface area contributed by atoms with Gasteiger partial charge in [-0.2, -0.15) is 0 Å². The van der Waals surface area contributed by atoms with E-state index >= 15 is 0 Å². The summed E-state index contributed by atoms with van der Waals surface area (Å²) in [5.74, 6) is 1.29. The average Bonchev–Trinajstić information content (AvgIpc) is 2.43. The smallest absolute Gasteiger partial charge is 0.218 e. The van der Waals surface area contributed by atoms with Gasteiger partial charge in [0.2, 0.25) is 5.91 Å². The summed E-state index contributed by atoms with van der Waals surface area (Å²) in [5, 5.41) is 3.30. The Morgan fingerprint density at radius 1 is 1.40 bits per heavy atom. The quantitative estimate of drug-likeness (QED) is 0.779. The summed E-state index contributed by atoms with van der Waals surface area (Å²) >= 11 is 1.67. The van der Waals surface area contributed by atoms with Crippen molar-refractivity contribution in [3.05, 3.63) is 17.7 Å². The van der Waals surface area contributed by atoms with Crippen molar-refractivity contribution in [3.63, 3.8) is 0 Å². The fourth-order valence-corrected chi connectivity index (χ4v) is 2.72. The second-order valence-corrected chi connectivity index (χ2v) is 5.61. The fraction of sp³-hybridized carbons (Fsp3) is 0.500. The molecule has 0 aliphatic carbocycles. The molecule has 0 bridgehead atoms. The third kappa shape index (κ3) is 3.80. The second-order valence-electron chi connectivity index (χ2n) is 4.76. The Labute approximate surface area is 123 Å². The summed E-state index contributed by atoms with van der Waals surface area (Å²) in [5.41, 5.74) is 6.33. The van der Waals surface area contributed by atoms with Gasteiger partial charge in [-0.25, -0.2) is 0 Å². The Morgan fingerprint density at radius 3 is 2.65 bits per heavy atom. The number of primary amides is 1. The minimum Gasteiger partial charge on any atom is -0.486 e. The molecule has 1 heterocycles. The van der Waals surface area contributed by atoms with Crippen molar-refractivity contribution in [2.75, 3.05) is 19.5 Å². The number of amides is 1. The minimum atomic E-state index is -0.294. The van der Waals surface area contributed by atoms with E-state index in [1.165, 1.54) is 0 Å². The zero-order valence-electron chi connectivity index (χ0n) is 11.8. The highest BCUT2D eigenvalue weighted by Gasteiger charge is 2.16. The van der Waals surface area contributed by atoms with Crippen LogP contribution in [0.2, 0.25) is 0 Å². The van der Waals surface area contributed by atoms with E-state index in [9.17, 15) is 4.79 Å². The van der Waals surface area contributed by atoms with E-state index in [4.69, 9.17) is 15.2 Å². The molecule has 1 atom stereocenters. The Balaban J connectivity index is 2.08.